The maximum absolute atomic E-state index is 12.3. The molecule has 1 fully saturated rings. The molecule has 0 saturated heterocycles. The number of carbonyl (C=O) groups is 2. The number of carbonyl (C=O) groups excluding carboxylic acids is 2. The van der Waals surface area contributed by atoms with Crippen molar-refractivity contribution in [3.8, 4) is 11.5 Å². The molecule has 1 aromatic carbocycles. The number of benzene rings is 1. The van der Waals surface area contributed by atoms with E-state index in [1.807, 2.05) is 0 Å². The predicted molar refractivity (Wildman–Crippen MR) is 102 cm³/mol. The van der Waals surface area contributed by atoms with Crippen molar-refractivity contribution in [3.05, 3.63) is 35.1 Å². The molecule has 0 radical (unpaired) electrons. The van der Waals surface area contributed by atoms with E-state index in [4.69, 9.17) is 16.3 Å². The number of halogens is 4. The summed E-state index contributed by atoms with van der Waals surface area (Å²) in [5, 5.41) is 5.35. The quantitative estimate of drug-likeness (QED) is 0.601. The molecule has 1 aliphatic carbocycles. The average molecular weight is 446 g/mol. The number of hydrogen-bond acceptors (Lipinski definition) is 5. The van der Waals surface area contributed by atoms with Crippen molar-refractivity contribution in [3.63, 3.8) is 0 Å². The van der Waals surface area contributed by atoms with E-state index in [0.717, 1.165) is 25.0 Å². The first kappa shape index (κ1) is 21.9. The van der Waals surface area contributed by atoms with Crippen molar-refractivity contribution in [1.82, 2.24) is 10.6 Å². The van der Waals surface area contributed by atoms with Crippen molar-refractivity contribution in [2.75, 3.05) is 13.2 Å². The predicted octanol–water partition coefficient (Wildman–Crippen LogP) is 3.19. The van der Waals surface area contributed by atoms with Gasteiger partial charge in [0.2, 0.25) is 11.8 Å². The minimum atomic E-state index is -4.81. The molecule has 3 rings (SSSR count). The van der Waals surface area contributed by atoms with Crippen LogP contribution < -0.4 is 20.1 Å². The van der Waals surface area contributed by atoms with Crippen LogP contribution in [0, 0.1) is 11.8 Å². The molecule has 11 heteroatoms. The first-order valence-electron chi connectivity index (χ1n) is 9.22. The lowest BCUT2D eigenvalue weighted by Crippen LogP contribution is -2.35. The second-order valence-corrected chi connectivity index (χ2v) is 7.16. The van der Waals surface area contributed by atoms with Crippen molar-refractivity contribution in [1.29, 1.82) is 0 Å². The summed E-state index contributed by atoms with van der Waals surface area (Å²) in [6, 6.07) is 3.32. The van der Waals surface area contributed by atoms with Crippen molar-refractivity contribution < 1.29 is 32.2 Å². The van der Waals surface area contributed by atoms with Crippen LogP contribution in [0.25, 0.3) is 0 Å². The zero-order valence-electron chi connectivity index (χ0n) is 15.7. The highest BCUT2D eigenvalue weighted by atomic mass is 35.5. The maximum Gasteiger partial charge on any atom is 0.573 e. The number of rotatable bonds is 8. The van der Waals surface area contributed by atoms with Crippen molar-refractivity contribution in [2.24, 2.45) is 16.8 Å². The number of hydrogen-bond donors (Lipinski definition) is 2. The first-order valence-corrected chi connectivity index (χ1v) is 9.60. The summed E-state index contributed by atoms with van der Waals surface area (Å²) in [6.45, 7) is 0.210. The van der Waals surface area contributed by atoms with Gasteiger partial charge in [0.25, 0.3) is 0 Å². The van der Waals surface area contributed by atoms with E-state index in [1.165, 1.54) is 6.07 Å². The Kier molecular flexibility index (Phi) is 6.86. The summed E-state index contributed by atoms with van der Waals surface area (Å²) in [7, 11) is 0. The second kappa shape index (κ2) is 9.38. The molecule has 1 atom stereocenters. The molecule has 1 unspecified atom stereocenters. The lowest BCUT2D eigenvalue weighted by atomic mass is 10.0. The first-order chi connectivity index (χ1) is 14.2. The minimum absolute atomic E-state index is 0.0355. The molecule has 0 spiro atoms. The number of amides is 2. The smallest absolute Gasteiger partial charge is 0.490 e. The summed E-state index contributed by atoms with van der Waals surface area (Å²) in [6.07, 6.45) is 0.515. The Hall–Kier alpha value is -2.75. The molecule has 1 heterocycles. The van der Waals surface area contributed by atoms with E-state index in [2.05, 4.69) is 20.4 Å². The topological polar surface area (TPSA) is 89.0 Å². The summed E-state index contributed by atoms with van der Waals surface area (Å²) >= 11 is 5.89. The zero-order valence-corrected chi connectivity index (χ0v) is 16.4. The molecular weight excluding hydrogens is 427 g/mol. The summed E-state index contributed by atoms with van der Waals surface area (Å²) in [4.78, 5) is 28.2. The monoisotopic (exact) mass is 445 g/mol. The molecule has 2 amide bonds. The van der Waals surface area contributed by atoms with Crippen LogP contribution in [0.4, 0.5) is 13.2 Å². The normalized spacial score (nSPS) is 18.4. The molecule has 0 bridgehead atoms. The van der Waals surface area contributed by atoms with Gasteiger partial charge in [-0.25, -0.2) is 4.99 Å². The molecule has 162 valence electrons. The third kappa shape index (κ3) is 6.65. The lowest BCUT2D eigenvalue weighted by Gasteiger charge is -2.17. The number of alkyl halides is 3. The molecule has 0 aromatic heterocycles. The Morgan fingerprint density at radius 3 is 2.67 bits per heavy atom. The van der Waals surface area contributed by atoms with Crippen molar-refractivity contribution >= 4 is 29.6 Å². The van der Waals surface area contributed by atoms with Crippen LogP contribution in [0.1, 0.15) is 19.3 Å². The van der Waals surface area contributed by atoms with Gasteiger partial charge in [0, 0.05) is 18.2 Å². The fraction of sp³-hybridized carbons (Fsp3) is 0.421. The number of aliphatic imine (C=N–C) groups is 1. The SMILES string of the molecule is O=C(NCCOc1ccc(OC(F)(F)F)cc1Cl)C1C=C(NC(=O)C2CC2)N=CC1. The van der Waals surface area contributed by atoms with E-state index in [-0.39, 0.29) is 41.7 Å². The zero-order chi connectivity index (χ0) is 21.7. The fourth-order valence-corrected chi connectivity index (χ4v) is 2.88. The van der Waals surface area contributed by atoms with Crippen LogP contribution in [0.15, 0.2) is 35.1 Å². The molecule has 7 nitrogen and oxygen atoms in total. The fourth-order valence-electron chi connectivity index (χ4n) is 2.66. The summed E-state index contributed by atoms with van der Waals surface area (Å²) in [5.74, 6) is -0.715. The van der Waals surface area contributed by atoms with Gasteiger partial charge in [-0.3, -0.25) is 9.59 Å². The van der Waals surface area contributed by atoms with Crippen molar-refractivity contribution in [2.45, 2.75) is 25.6 Å². The van der Waals surface area contributed by atoms with Gasteiger partial charge in [0.05, 0.1) is 17.5 Å². The third-order valence-electron chi connectivity index (χ3n) is 4.28. The van der Waals surface area contributed by atoms with Crippen LogP contribution in [-0.4, -0.2) is 37.5 Å². The standard InChI is InChI=1S/C19H19ClF3N3O4/c20-14-10-13(30-19(21,22)23)3-4-15(14)29-8-7-25-17(27)12-5-6-24-16(9-12)26-18(28)11-1-2-11/h3-4,6,9-12H,1-2,5,7-8H2,(H,25,27)(H,26,28). The Bertz CT molecular complexity index is 869. The highest BCUT2D eigenvalue weighted by Gasteiger charge is 2.31. The largest absolute Gasteiger partial charge is 0.573 e. The summed E-state index contributed by atoms with van der Waals surface area (Å²) < 4.78 is 45.8. The van der Waals surface area contributed by atoms with Gasteiger partial charge < -0.3 is 20.1 Å². The maximum atomic E-state index is 12.3. The molecule has 2 aliphatic rings. The number of nitrogens with one attached hydrogen (secondary N) is 2. The van der Waals surface area contributed by atoms with Crippen LogP contribution in [0.3, 0.4) is 0 Å². The highest BCUT2D eigenvalue weighted by molar-refractivity contribution is 6.32. The van der Waals surface area contributed by atoms with Crippen LogP contribution in [0.2, 0.25) is 5.02 Å². The molecule has 1 aliphatic heterocycles. The Morgan fingerprint density at radius 1 is 1.23 bits per heavy atom. The van der Waals surface area contributed by atoms with Gasteiger partial charge in [-0.15, -0.1) is 13.2 Å². The van der Waals surface area contributed by atoms with Gasteiger partial charge in [-0.2, -0.15) is 0 Å². The van der Waals surface area contributed by atoms with Gasteiger partial charge in [-0.05, 0) is 37.5 Å². The Labute approximate surface area is 175 Å². The average Bonchev–Trinajstić information content (AvgIpc) is 3.51. The van der Waals surface area contributed by atoms with E-state index < -0.39 is 18.0 Å². The van der Waals surface area contributed by atoms with Gasteiger partial charge >= 0.3 is 6.36 Å². The number of ether oxygens (including phenoxy) is 2. The Morgan fingerprint density at radius 2 is 2.00 bits per heavy atom. The van der Waals surface area contributed by atoms with E-state index >= 15 is 0 Å². The van der Waals surface area contributed by atoms with E-state index in [9.17, 15) is 22.8 Å². The van der Waals surface area contributed by atoms with Crippen LogP contribution in [-0.2, 0) is 9.59 Å². The van der Waals surface area contributed by atoms with Gasteiger partial charge in [0.1, 0.15) is 23.9 Å². The van der Waals surface area contributed by atoms with E-state index in [0.29, 0.717) is 12.2 Å². The minimum Gasteiger partial charge on any atom is -0.490 e. The van der Waals surface area contributed by atoms with Gasteiger partial charge in [0.15, 0.2) is 0 Å². The summed E-state index contributed by atoms with van der Waals surface area (Å²) in [5.41, 5.74) is 0. The lowest BCUT2D eigenvalue weighted by molar-refractivity contribution is -0.274. The number of nitrogens with zero attached hydrogens (tertiary/aromatic N) is 1. The molecule has 1 aromatic rings. The molecule has 1 saturated carbocycles. The van der Waals surface area contributed by atoms with Crippen LogP contribution in [0.5, 0.6) is 11.5 Å². The Balaban J connectivity index is 1.42. The molecule has 30 heavy (non-hydrogen) atoms. The van der Waals surface area contributed by atoms with Gasteiger partial charge in [-0.1, -0.05) is 11.6 Å². The second-order valence-electron chi connectivity index (χ2n) is 6.75. The highest BCUT2D eigenvalue weighted by Crippen LogP contribution is 2.31. The molecular formula is C19H19ClF3N3O4. The third-order valence-corrected chi connectivity index (χ3v) is 4.58. The van der Waals surface area contributed by atoms with Crippen LogP contribution >= 0.6 is 11.6 Å². The van der Waals surface area contributed by atoms with E-state index in [1.54, 1.807) is 12.3 Å². The molecule has 2 N–H and O–H groups in total.